The maximum atomic E-state index is 12.7. The molecule has 2 aromatic rings. The highest BCUT2D eigenvalue weighted by Crippen LogP contribution is 2.21. The zero-order chi connectivity index (χ0) is 17.9. The molecular weight excluding hydrogens is 344 g/mol. The van der Waals surface area contributed by atoms with Crippen molar-refractivity contribution < 1.29 is 4.79 Å². The Balaban J connectivity index is 1.82. The molecule has 2 heterocycles. The Morgan fingerprint density at radius 2 is 1.92 bits per heavy atom. The van der Waals surface area contributed by atoms with Gasteiger partial charge in [0.15, 0.2) is 11.3 Å². The third kappa shape index (κ3) is 3.15. The Morgan fingerprint density at radius 1 is 1.15 bits per heavy atom. The monoisotopic (exact) mass is 362 g/mol. The Labute approximate surface area is 155 Å². The summed E-state index contributed by atoms with van der Waals surface area (Å²) in [7, 11) is 0. The first-order valence-corrected chi connectivity index (χ1v) is 9.47. The quantitative estimate of drug-likeness (QED) is 0.908. The van der Waals surface area contributed by atoms with Crippen LogP contribution in [0.1, 0.15) is 12.5 Å². The molecule has 1 amide bonds. The van der Waals surface area contributed by atoms with Crippen molar-refractivity contribution in [2.45, 2.75) is 13.1 Å². The summed E-state index contributed by atoms with van der Waals surface area (Å²) < 4.78 is 0. The molecule has 0 saturated heterocycles. The number of carbonyl (C=O) groups is 1. The van der Waals surface area contributed by atoms with E-state index in [0.717, 1.165) is 21.9 Å². The van der Waals surface area contributed by atoms with Crippen LogP contribution in [0.25, 0.3) is 11.8 Å². The molecule has 6 heteroatoms. The van der Waals surface area contributed by atoms with Crippen LogP contribution in [0.4, 0.5) is 0 Å². The van der Waals surface area contributed by atoms with Crippen LogP contribution in [-0.4, -0.2) is 28.0 Å². The molecule has 0 aliphatic carbocycles. The second-order valence-corrected chi connectivity index (χ2v) is 7.07. The molecule has 0 radical (unpaired) electrons. The molecule has 2 aromatic carbocycles. The largest absolute Gasteiger partial charge is 0.298 e. The van der Waals surface area contributed by atoms with Crippen LogP contribution in [0.2, 0.25) is 0 Å². The van der Waals surface area contributed by atoms with Crippen LogP contribution < -0.4 is 15.9 Å². The van der Waals surface area contributed by atoms with Gasteiger partial charge in [0.05, 0.1) is 5.36 Å². The van der Waals surface area contributed by atoms with E-state index in [1.165, 1.54) is 11.8 Å². The standard InChI is InChI=1S/C20H18N4OS/c1-2-26-20-22-19(25)18-15-10-6-7-11-16(15)21-17(24(18)23-20)13-12-14-8-4-3-5-9-14/h3-13,17H,2H2,1H3,(H,22,23,25)/b13-12+/t17-/m1/s1. The van der Waals surface area contributed by atoms with E-state index >= 15 is 0 Å². The van der Waals surface area contributed by atoms with Gasteiger partial charge in [-0.25, -0.2) is 5.01 Å². The van der Waals surface area contributed by atoms with Gasteiger partial charge in [-0.3, -0.25) is 15.1 Å². The predicted molar refractivity (Wildman–Crippen MR) is 105 cm³/mol. The second-order valence-electron chi connectivity index (χ2n) is 5.82. The summed E-state index contributed by atoms with van der Waals surface area (Å²) in [6, 6.07) is 17.7. The number of para-hydroxylation sites is 1. The highest BCUT2D eigenvalue weighted by molar-refractivity contribution is 8.13. The first kappa shape index (κ1) is 16.6. The van der Waals surface area contributed by atoms with Gasteiger partial charge in [0.2, 0.25) is 0 Å². The molecule has 0 saturated carbocycles. The van der Waals surface area contributed by atoms with Crippen LogP contribution in [0, 0.1) is 0 Å². The highest BCUT2D eigenvalue weighted by atomic mass is 32.2. The van der Waals surface area contributed by atoms with Gasteiger partial charge in [-0.05, 0) is 23.5 Å². The molecule has 2 aliphatic rings. The average Bonchev–Trinajstić information content (AvgIpc) is 2.67. The number of hydrazone groups is 1. The summed E-state index contributed by atoms with van der Waals surface area (Å²) in [5.41, 5.74) is 1.62. The fourth-order valence-corrected chi connectivity index (χ4v) is 3.53. The zero-order valence-electron chi connectivity index (χ0n) is 14.3. The molecule has 0 spiro atoms. The molecule has 4 rings (SSSR count). The number of nitrogens with one attached hydrogen (secondary N) is 1. The maximum absolute atomic E-state index is 12.7. The third-order valence-electron chi connectivity index (χ3n) is 4.09. The van der Waals surface area contributed by atoms with Crippen LogP contribution in [0.5, 0.6) is 0 Å². The fraction of sp³-hybridized carbons (Fsp3) is 0.150. The first-order chi connectivity index (χ1) is 12.8. The number of amidine groups is 1. The van der Waals surface area contributed by atoms with E-state index in [2.05, 4.69) is 10.4 Å². The van der Waals surface area contributed by atoms with Crippen LogP contribution in [-0.2, 0) is 4.79 Å². The van der Waals surface area contributed by atoms with Crippen molar-refractivity contribution in [3.05, 3.63) is 76.8 Å². The Bertz CT molecular complexity index is 1010. The van der Waals surface area contributed by atoms with E-state index in [0.29, 0.717) is 10.9 Å². The van der Waals surface area contributed by atoms with Gasteiger partial charge < -0.3 is 0 Å². The van der Waals surface area contributed by atoms with Crippen LogP contribution in [0.3, 0.4) is 0 Å². The van der Waals surface area contributed by atoms with E-state index in [1.54, 1.807) is 5.01 Å². The summed E-state index contributed by atoms with van der Waals surface area (Å²) >= 11 is 1.51. The topological polar surface area (TPSA) is 57.1 Å². The molecule has 26 heavy (non-hydrogen) atoms. The Morgan fingerprint density at radius 3 is 2.73 bits per heavy atom. The number of benzene rings is 2. The van der Waals surface area contributed by atoms with Crippen LogP contribution >= 0.6 is 11.8 Å². The van der Waals surface area contributed by atoms with Gasteiger partial charge >= 0.3 is 0 Å². The molecule has 0 aromatic heterocycles. The number of nitrogens with zero attached hydrogens (tertiary/aromatic N) is 3. The molecule has 1 N–H and O–H groups in total. The normalized spacial score (nSPS) is 18.7. The lowest BCUT2D eigenvalue weighted by Crippen LogP contribution is -2.52. The van der Waals surface area contributed by atoms with E-state index in [1.807, 2.05) is 73.7 Å². The zero-order valence-corrected chi connectivity index (χ0v) is 15.1. The number of hydrogen-bond donors (Lipinski definition) is 1. The fourth-order valence-electron chi connectivity index (χ4n) is 2.94. The van der Waals surface area contributed by atoms with Crippen molar-refractivity contribution in [1.29, 1.82) is 0 Å². The second kappa shape index (κ2) is 7.17. The lowest BCUT2D eigenvalue weighted by Gasteiger charge is -2.32. The van der Waals surface area contributed by atoms with Crippen LogP contribution in [0.15, 0.2) is 70.8 Å². The summed E-state index contributed by atoms with van der Waals surface area (Å²) in [4.78, 5) is 17.5. The molecule has 5 nitrogen and oxygen atoms in total. The summed E-state index contributed by atoms with van der Waals surface area (Å²) in [6.07, 6.45) is 3.62. The Hall–Kier alpha value is -2.86. The smallest absolute Gasteiger partial charge is 0.276 e. The SMILES string of the molecule is CCSC1=NN2C(=c3ccccc3=N[C@H]2/C=C/c2ccccc2)C(=O)N1. The summed E-state index contributed by atoms with van der Waals surface area (Å²) in [6.45, 7) is 2.03. The minimum absolute atomic E-state index is 0.142. The van der Waals surface area contributed by atoms with E-state index in [9.17, 15) is 4.79 Å². The molecule has 1 atom stereocenters. The van der Waals surface area contributed by atoms with Crippen molar-refractivity contribution in [2.75, 3.05) is 5.75 Å². The molecule has 0 bridgehead atoms. The van der Waals surface area contributed by atoms with Gasteiger partial charge in [-0.1, -0.05) is 73.3 Å². The van der Waals surface area contributed by atoms with Crippen molar-refractivity contribution in [3.63, 3.8) is 0 Å². The number of hydrogen-bond acceptors (Lipinski definition) is 5. The number of thioether (sulfide) groups is 1. The van der Waals surface area contributed by atoms with Gasteiger partial charge in [-0.2, -0.15) is 0 Å². The average molecular weight is 362 g/mol. The molecular formula is C20H18N4OS. The summed E-state index contributed by atoms with van der Waals surface area (Å²) in [5, 5.41) is 11.5. The Kier molecular flexibility index (Phi) is 4.58. The van der Waals surface area contributed by atoms with Crippen molar-refractivity contribution >= 4 is 34.6 Å². The number of carbonyl (C=O) groups excluding carboxylic acids is 1. The van der Waals surface area contributed by atoms with Gasteiger partial charge in [0.1, 0.15) is 5.70 Å². The third-order valence-corrected chi connectivity index (χ3v) is 4.83. The van der Waals surface area contributed by atoms with E-state index < -0.39 is 0 Å². The lowest BCUT2D eigenvalue weighted by atomic mass is 10.1. The van der Waals surface area contributed by atoms with Crippen molar-refractivity contribution in [3.8, 4) is 0 Å². The first-order valence-electron chi connectivity index (χ1n) is 8.48. The maximum Gasteiger partial charge on any atom is 0.276 e. The number of rotatable bonds is 3. The molecule has 2 aliphatic heterocycles. The molecule has 130 valence electrons. The molecule has 0 unspecified atom stereocenters. The van der Waals surface area contributed by atoms with E-state index in [-0.39, 0.29) is 12.1 Å². The van der Waals surface area contributed by atoms with Gasteiger partial charge in [-0.15, -0.1) is 5.10 Å². The molecule has 0 fully saturated rings. The minimum Gasteiger partial charge on any atom is -0.298 e. The number of fused-ring (bicyclic) bond motifs is 2. The van der Waals surface area contributed by atoms with Crippen molar-refractivity contribution in [2.24, 2.45) is 10.1 Å². The minimum atomic E-state index is -0.362. The van der Waals surface area contributed by atoms with E-state index in [4.69, 9.17) is 4.99 Å². The van der Waals surface area contributed by atoms with Gasteiger partial charge in [0.25, 0.3) is 5.91 Å². The predicted octanol–water partition coefficient (Wildman–Crippen LogP) is 1.92. The van der Waals surface area contributed by atoms with Gasteiger partial charge in [0, 0.05) is 5.22 Å². The van der Waals surface area contributed by atoms with Crippen molar-refractivity contribution in [1.82, 2.24) is 10.3 Å². The lowest BCUT2D eigenvalue weighted by molar-refractivity contribution is -0.116. The number of amides is 1. The highest BCUT2D eigenvalue weighted by Gasteiger charge is 2.32. The summed E-state index contributed by atoms with van der Waals surface area (Å²) in [5.74, 6) is 0.692.